The second-order valence-electron chi connectivity index (χ2n) is 4.70. The molecule has 2 aromatic carbocycles. The van der Waals surface area contributed by atoms with Crippen LogP contribution < -0.4 is 10.1 Å². The molecule has 0 saturated carbocycles. The molecule has 0 saturated heterocycles. The molecule has 3 rings (SSSR count). The van der Waals surface area contributed by atoms with Gasteiger partial charge in [0.1, 0.15) is 12.4 Å². The van der Waals surface area contributed by atoms with Crippen molar-refractivity contribution in [2.75, 3.05) is 20.2 Å². The summed E-state index contributed by atoms with van der Waals surface area (Å²) >= 11 is 1.76. The molecule has 0 aliphatic heterocycles. The first-order valence-electron chi connectivity index (χ1n) is 6.99. The number of nitrogens with one attached hydrogen (secondary N) is 2. The van der Waals surface area contributed by atoms with Crippen LogP contribution in [0, 0.1) is 0 Å². The number of ether oxygens (including phenoxy) is 1. The van der Waals surface area contributed by atoms with Crippen molar-refractivity contribution in [1.82, 2.24) is 10.3 Å². The van der Waals surface area contributed by atoms with E-state index in [0.29, 0.717) is 6.61 Å². The van der Waals surface area contributed by atoms with Gasteiger partial charge in [-0.15, -0.1) is 0 Å². The first-order chi connectivity index (χ1) is 10.4. The maximum absolute atomic E-state index is 5.82. The van der Waals surface area contributed by atoms with Gasteiger partial charge >= 0.3 is 0 Å². The van der Waals surface area contributed by atoms with Crippen molar-refractivity contribution in [3.63, 3.8) is 0 Å². The topological polar surface area (TPSA) is 37.0 Å². The van der Waals surface area contributed by atoms with Gasteiger partial charge in [0.05, 0.1) is 5.52 Å². The van der Waals surface area contributed by atoms with Crippen LogP contribution in [0.25, 0.3) is 10.9 Å². The Labute approximate surface area is 128 Å². The first-order valence-corrected chi connectivity index (χ1v) is 7.80. The van der Waals surface area contributed by atoms with Crippen LogP contribution in [-0.2, 0) is 0 Å². The number of likely N-dealkylation sites (N-methyl/N-ethyl adjacent to an activating group) is 1. The highest BCUT2D eigenvalue weighted by Crippen LogP contribution is 2.36. The normalized spacial score (nSPS) is 10.9. The largest absolute Gasteiger partial charge is 0.490 e. The molecule has 0 unspecified atom stereocenters. The lowest BCUT2D eigenvalue weighted by Crippen LogP contribution is -2.15. The highest BCUT2D eigenvalue weighted by Gasteiger charge is 2.09. The van der Waals surface area contributed by atoms with E-state index in [2.05, 4.69) is 40.6 Å². The van der Waals surface area contributed by atoms with E-state index in [4.69, 9.17) is 4.74 Å². The van der Waals surface area contributed by atoms with E-state index in [1.54, 1.807) is 11.8 Å². The van der Waals surface area contributed by atoms with Crippen molar-refractivity contribution in [3.05, 3.63) is 54.7 Å². The number of aromatic nitrogens is 1. The standard InChI is InChI=1S/C17H18N2OS/c1-18-10-11-20-15-9-5-8-14-16(12-19-17(14)15)21-13-6-3-2-4-7-13/h2-9,12,18-19H,10-11H2,1H3. The molecule has 0 atom stereocenters. The van der Waals surface area contributed by atoms with Gasteiger partial charge in [0.25, 0.3) is 0 Å². The number of fused-ring (bicyclic) bond motifs is 1. The molecule has 0 aliphatic carbocycles. The molecule has 3 aromatic rings. The number of rotatable bonds is 6. The van der Waals surface area contributed by atoms with Crippen molar-refractivity contribution >= 4 is 22.7 Å². The van der Waals surface area contributed by atoms with Gasteiger partial charge < -0.3 is 15.0 Å². The summed E-state index contributed by atoms with van der Waals surface area (Å²) in [7, 11) is 1.92. The second-order valence-corrected chi connectivity index (χ2v) is 5.81. The molecule has 0 amide bonds. The highest BCUT2D eigenvalue weighted by molar-refractivity contribution is 7.99. The van der Waals surface area contributed by atoms with Gasteiger partial charge in [-0.3, -0.25) is 0 Å². The third-order valence-electron chi connectivity index (χ3n) is 3.22. The van der Waals surface area contributed by atoms with Gasteiger partial charge in [0.15, 0.2) is 0 Å². The molecule has 1 aromatic heterocycles. The smallest absolute Gasteiger partial charge is 0.143 e. The van der Waals surface area contributed by atoms with Crippen LogP contribution in [0.3, 0.4) is 0 Å². The minimum Gasteiger partial charge on any atom is -0.490 e. The van der Waals surface area contributed by atoms with E-state index in [9.17, 15) is 0 Å². The minimum atomic E-state index is 0.662. The molecule has 0 spiro atoms. The Morgan fingerprint density at radius 1 is 1.10 bits per heavy atom. The predicted molar refractivity (Wildman–Crippen MR) is 88.3 cm³/mol. The highest BCUT2D eigenvalue weighted by atomic mass is 32.2. The Morgan fingerprint density at radius 3 is 2.76 bits per heavy atom. The van der Waals surface area contributed by atoms with E-state index in [-0.39, 0.29) is 0 Å². The fraction of sp³-hybridized carbons (Fsp3) is 0.176. The van der Waals surface area contributed by atoms with Crippen LogP contribution in [0.1, 0.15) is 0 Å². The number of hydrogen-bond donors (Lipinski definition) is 2. The lowest BCUT2D eigenvalue weighted by molar-refractivity contribution is 0.321. The molecule has 3 nitrogen and oxygen atoms in total. The molecule has 0 radical (unpaired) electrons. The summed E-state index contributed by atoms with van der Waals surface area (Å²) < 4.78 is 5.82. The molecule has 4 heteroatoms. The fourth-order valence-corrected chi connectivity index (χ4v) is 3.13. The zero-order valence-corrected chi connectivity index (χ0v) is 12.7. The summed E-state index contributed by atoms with van der Waals surface area (Å²) in [5.74, 6) is 0.905. The van der Waals surface area contributed by atoms with E-state index >= 15 is 0 Å². The minimum absolute atomic E-state index is 0.662. The van der Waals surface area contributed by atoms with Crippen molar-refractivity contribution in [2.45, 2.75) is 9.79 Å². The van der Waals surface area contributed by atoms with Gasteiger partial charge in [-0.05, 0) is 25.2 Å². The maximum Gasteiger partial charge on any atom is 0.143 e. The van der Waals surface area contributed by atoms with E-state index in [1.165, 1.54) is 15.2 Å². The van der Waals surface area contributed by atoms with E-state index < -0.39 is 0 Å². The first kappa shape index (κ1) is 14.0. The van der Waals surface area contributed by atoms with Crippen LogP contribution in [-0.4, -0.2) is 25.2 Å². The van der Waals surface area contributed by atoms with Crippen LogP contribution in [0.4, 0.5) is 0 Å². The SMILES string of the molecule is CNCCOc1cccc2c(Sc3ccccc3)c[nH]c12. The van der Waals surface area contributed by atoms with E-state index in [1.807, 2.05) is 31.4 Å². The Kier molecular flexibility index (Phi) is 4.48. The second kappa shape index (κ2) is 6.70. The molecule has 0 fully saturated rings. The number of aromatic amines is 1. The molecular weight excluding hydrogens is 280 g/mol. The lowest BCUT2D eigenvalue weighted by Gasteiger charge is -2.07. The number of benzene rings is 2. The summed E-state index contributed by atoms with van der Waals surface area (Å²) in [5.41, 5.74) is 1.06. The Balaban J connectivity index is 1.86. The summed E-state index contributed by atoms with van der Waals surface area (Å²) in [6.45, 7) is 1.50. The summed E-state index contributed by atoms with van der Waals surface area (Å²) in [6.07, 6.45) is 2.05. The van der Waals surface area contributed by atoms with Crippen molar-refractivity contribution < 1.29 is 4.74 Å². The van der Waals surface area contributed by atoms with Crippen LogP contribution >= 0.6 is 11.8 Å². The van der Waals surface area contributed by atoms with E-state index in [0.717, 1.165) is 17.8 Å². The Hall–Kier alpha value is -1.91. The summed E-state index contributed by atoms with van der Waals surface area (Å²) in [4.78, 5) is 5.79. The van der Waals surface area contributed by atoms with Crippen molar-refractivity contribution in [2.24, 2.45) is 0 Å². The number of H-pyrrole nitrogens is 1. The number of hydrogen-bond acceptors (Lipinski definition) is 3. The van der Waals surface area contributed by atoms with Gasteiger partial charge in [-0.1, -0.05) is 42.1 Å². The molecule has 0 bridgehead atoms. The molecular formula is C17H18N2OS. The number of para-hydroxylation sites is 1. The summed E-state index contributed by atoms with van der Waals surface area (Å²) in [5, 5.41) is 4.28. The zero-order valence-electron chi connectivity index (χ0n) is 11.9. The molecule has 108 valence electrons. The van der Waals surface area contributed by atoms with Gasteiger partial charge in [0.2, 0.25) is 0 Å². The van der Waals surface area contributed by atoms with Gasteiger partial charge in [-0.2, -0.15) is 0 Å². The van der Waals surface area contributed by atoms with Crippen molar-refractivity contribution in [3.8, 4) is 5.75 Å². The average Bonchev–Trinajstić information content (AvgIpc) is 2.93. The van der Waals surface area contributed by atoms with Crippen LogP contribution in [0.15, 0.2) is 64.5 Å². The molecule has 1 heterocycles. The fourth-order valence-electron chi connectivity index (χ4n) is 2.18. The Bertz CT molecular complexity index is 709. The average molecular weight is 298 g/mol. The lowest BCUT2D eigenvalue weighted by atomic mass is 10.2. The maximum atomic E-state index is 5.82. The van der Waals surface area contributed by atoms with Gasteiger partial charge in [0, 0.05) is 27.9 Å². The summed E-state index contributed by atoms with van der Waals surface area (Å²) in [6, 6.07) is 16.6. The molecule has 0 aliphatic rings. The Morgan fingerprint density at radius 2 is 1.95 bits per heavy atom. The third-order valence-corrected chi connectivity index (χ3v) is 4.29. The van der Waals surface area contributed by atoms with Crippen LogP contribution in [0.5, 0.6) is 5.75 Å². The monoisotopic (exact) mass is 298 g/mol. The zero-order chi connectivity index (χ0) is 14.5. The molecule has 21 heavy (non-hydrogen) atoms. The van der Waals surface area contributed by atoms with Gasteiger partial charge in [-0.25, -0.2) is 0 Å². The van der Waals surface area contributed by atoms with Crippen molar-refractivity contribution in [1.29, 1.82) is 0 Å². The quantitative estimate of drug-likeness (QED) is 0.677. The predicted octanol–water partition coefficient (Wildman–Crippen LogP) is 3.92. The van der Waals surface area contributed by atoms with Crippen LogP contribution in [0.2, 0.25) is 0 Å². The molecule has 2 N–H and O–H groups in total. The third kappa shape index (κ3) is 3.23.